The number of nitrogens with zero attached hydrogens (tertiary/aromatic N) is 3. The number of nitrogens with one attached hydrogen (secondary N) is 1. The van der Waals surface area contributed by atoms with Crippen LogP contribution in [0.5, 0.6) is 0 Å². The highest BCUT2D eigenvalue weighted by Gasteiger charge is 2.40. The van der Waals surface area contributed by atoms with Crippen LogP contribution in [0.15, 0.2) is 23.0 Å². The lowest BCUT2D eigenvalue weighted by Crippen LogP contribution is -2.64. The molecule has 2 aromatic heterocycles. The molecule has 3 rings (SSSR count). The summed E-state index contributed by atoms with van der Waals surface area (Å²) in [5.41, 5.74) is 4.92. The van der Waals surface area contributed by atoms with Gasteiger partial charge in [0.1, 0.15) is 23.5 Å². The smallest absolute Gasteiger partial charge is 0.290 e. The van der Waals surface area contributed by atoms with Crippen molar-refractivity contribution in [1.82, 2.24) is 20.0 Å². The Bertz CT molecular complexity index is 931. The monoisotopic (exact) mass is 375 g/mol. The minimum absolute atomic E-state index is 0.0319. The number of aryl methyl sites for hydroxylation is 1. The number of thiophene rings is 1. The van der Waals surface area contributed by atoms with E-state index in [2.05, 4.69) is 10.4 Å². The second kappa shape index (κ2) is 6.56. The minimum atomic E-state index is -0.979. The second-order valence-electron chi connectivity index (χ2n) is 6.72. The molecule has 0 saturated carbocycles. The van der Waals surface area contributed by atoms with Gasteiger partial charge in [0.2, 0.25) is 11.8 Å². The van der Waals surface area contributed by atoms with Gasteiger partial charge in [-0.3, -0.25) is 14.4 Å². The molecule has 2 aromatic rings. The summed E-state index contributed by atoms with van der Waals surface area (Å²) in [5.74, 6) is -0.571. The van der Waals surface area contributed by atoms with E-state index in [1.165, 1.54) is 22.3 Å². The number of carbonyl (C=O) groups is 2. The van der Waals surface area contributed by atoms with E-state index in [0.717, 1.165) is 14.4 Å². The zero-order valence-corrected chi connectivity index (χ0v) is 15.7. The van der Waals surface area contributed by atoms with Crippen LogP contribution >= 0.6 is 11.3 Å². The van der Waals surface area contributed by atoms with Crippen LogP contribution in [-0.4, -0.2) is 45.1 Å². The predicted octanol–water partition coefficient (Wildman–Crippen LogP) is 0.599. The largest absolute Gasteiger partial charge is 0.394 e. The fraction of sp³-hybridized carbons (Fsp3) is 0.412. The second-order valence-corrected chi connectivity index (χ2v) is 8.01. The van der Waals surface area contributed by atoms with Gasteiger partial charge < -0.3 is 16.0 Å². The minimum Gasteiger partial charge on any atom is -0.394 e. The molecule has 3 N–H and O–H groups in total. The van der Waals surface area contributed by atoms with Crippen LogP contribution in [-0.2, 0) is 16.1 Å². The molecule has 1 aliphatic heterocycles. The Balaban J connectivity index is 1.92. The van der Waals surface area contributed by atoms with Crippen LogP contribution in [0.3, 0.4) is 0 Å². The van der Waals surface area contributed by atoms with Crippen LogP contribution in [0.2, 0.25) is 0 Å². The maximum absolute atomic E-state index is 12.8. The van der Waals surface area contributed by atoms with Gasteiger partial charge in [0, 0.05) is 18.0 Å². The number of anilines is 1. The molecule has 0 atom stereocenters. The highest BCUT2D eigenvalue weighted by molar-refractivity contribution is 7.15. The standard InChI is InChI=1S/C17H21N5O3S/c1-10-4-5-13(26-10)12-8-11(18)15(24)22(20-12)9-14(23)21-7-6-19-16(25)17(21,2)3/h4-5,8H,6-7,9,18H2,1-3H3,(H,19,25). The molecule has 2 amide bonds. The Hall–Kier alpha value is -2.68. The molecule has 1 fully saturated rings. The van der Waals surface area contributed by atoms with E-state index in [1.807, 2.05) is 19.1 Å². The van der Waals surface area contributed by atoms with Crippen molar-refractivity contribution in [3.8, 4) is 10.6 Å². The molecule has 0 bridgehead atoms. The van der Waals surface area contributed by atoms with E-state index in [4.69, 9.17) is 5.73 Å². The van der Waals surface area contributed by atoms with Crippen LogP contribution in [0.25, 0.3) is 10.6 Å². The van der Waals surface area contributed by atoms with Gasteiger partial charge in [-0.25, -0.2) is 4.68 Å². The SMILES string of the molecule is Cc1ccc(-c2cc(N)c(=O)n(CC(=O)N3CCNC(=O)C3(C)C)n2)s1. The van der Waals surface area contributed by atoms with Gasteiger partial charge in [-0.15, -0.1) is 11.3 Å². The van der Waals surface area contributed by atoms with Crippen molar-refractivity contribution >= 4 is 28.8 Å². The average molecular weight is 375 g/mol. The fourth-order valence-electron chi connectivity index (χ4n) is 2.91. The lowest BCUT2D eigenvalue weighted by Gasteiger charge is -2.41. The highest BCUT2D eigenvalue weighted by Crippen LogP contribution is 2.26. The number of carbonyl (C=O) groups excluding carboxylic acids is 2. The van der Waals surface area contributed by atoms with Crippen molar-refractivity contribution in [3.63, 3.8) is 0 Å². The van der Waals surface area contributed by atoms with Gasteiger partial charge in [0.25, 0.3) is 5.56 Å². The molecular weight excluding hydrogens is 354 g/mol. The molecule has 0 unspecified atom stereocenters. The summed E-state index contributed by atoms with van der Waals surface area (Å²) < 4.78 is 1.07. The lowest BCUT2D eigenvalue weighted by atomic mass is 9.99. The van der Waals surface area contributed by atoms with Gasteiger partial charge in [0.15, 0.2) is 0 Å². The van der Waals surface area contributed by atoms with Crippen LogP contribution in [0.4, 0.5) is 5.69 Å². The van der Waals surface area contributed by atoms with E-state index >= 15 is 0 Å². The van der Waals surface area contributed by atoms with Gasteiger partial charge in [-0.2, -0.15) is 5.10 Å². The van der Waals surface area contributed by atoms with Gasteiger partial charge in [-0.05, 0) is 39.0 Å². The number of amides is 2. The zero-order chi connectivity index (χ0) is 19.1. The molecule has 1 aliphatic rings. The number of nitrogens with two attached hydrogens (primary N) is 1. The predicted molar refractivity (Wildman–Crippen MR) is 99.8 cm³/mol. The Morgan fingerprint density at radius 3 is 2.77 bits per heavy atom. The van der Waals surface area contributed by atoms with Gasteiger partial charge in [0.05, 0.1) is 4.88 Å². The lowest BCUT2D eigenvalue weighted by molar-refractivity contribution is -0.149. The Morgan fingerprint density at radius 1 is 1.38 bits per heavy atom. The molecule has 0 aromatic carbocycles. The van der Waals surface area contributed by atoms with Crippen molar-refractivity contribution in [1.29, 1.82) is 0 Å². The first-order valence-electron chi connectivity index (χ1n) is 8.23. The van der Waals surface area contributed by atoms with Gasteiger partial charge >= 0.3 is 0 Å². The van der Waals surface area contributed by atoms with Crippen molar-refractivity contribution < 1.29 is 9.59 Å². The number of nitrogen functional groups attached to an aromatic ring is 1. The summed E-state index contributed by atoms with van der Waals surface area (Å²) in [6, 6.07) is 5.37. The van der Waals surface area contributed by atoms with Crippen LogP contribution in [0, 0.1) is 6.92 Å². The summed E-state index contributed by atoms with van der Waals surface area (Å²) >= 11 is 1.53. The molecule has 8 nitrogen and oxygen atoms in total. The van der Waals surface area contributed by atoms with Crippen molar-refractivity contribution in [2.75, 3.05) is 18.8 Å². The molecule has 0 radical (unpaired) electrons. The highest BCUT2D eigenvalue weighted by atomic mass is 32.1. The molecule has 3 heterocycles. The van der Waals surface area contributed by atoms with Crippen molar-refractivity contribution in [3.05, 3.63) is 33.4 Å². The number of hydrogen-bond acceptors (Lipinski definition) is 6. The van der Waals surface area contributed by atoms with E-state index in [1.54, 1.807) is 13.8 Å². The van der Waals surface area contributed by atoms with E-state index in [9.17, 15) is 14.4 Å². The number of aromatic nitrogens is 2. The van der Waals surface area contributed by atoms with Crippen LogP contribution < -0.4 is 16.6 Å². The third kappa shape index (κ3) is 3.22. The van der Waals surface area contributed by atoms with E-state index in [-0.39, 0.29) is 24.0 Å². The molecule has 1 saturated heterocycles. The first-order chi connectivity index (χ1) is 12.2. The van der Waals surface area contributed by atoms with Crippen molar-refractivity contribution in [2.24, 2.45) is 0 Å². The number of piperazine rings is 1. The summed E-state index contributed by atoms with van der Waals surface area (Å²) in [4.78, 5) is 40.6. The normalized spacial score (nSPS) is 16.4. The molecular formula is C17H21N5O3S. The molecule has 0 aliphatic carbocycles. The quantitative estimate of drug-likeness (QED) is 0.816. The third-order valence-corrected chi connectivity index (χ3v) is 5.46. The summed E-state index contributed by atoms with van der Waals surface area (Å²) in [5, 5.41) is 7.04. The molecule has 26 heavy (non-hydrogen) atoms. The summed E-state index contributed by atoms with van der Waals surface area (Å²) in [7, 11) is 0. The summed E-state index contributed by atoms with van der Waals surface area (Å²) in [6.45, 7) is 5.82. The Labute approximate surface area is 154 Å². The van der Waals surface area contributed by atoms with Gasteiger partial charge in [-0.1, -0.05) is 0 Å². The Morgan fingerprint density at radius 2 is 2.12 bits per heavy atom. The Kier molecular flexibility index (Phi) is 4.57. The molecule has 138 valence electrons. The van der Waals surface area contributed by atoms with E-state index < -0.39 is 11.1 Å². The maximum atomic E-state index is 12.8. The van der Waals surface area contributed by atoms with Crippen LogP contribution in [0.1, 0.15) is 18.7 Å². The fourth-order valence-corrected chi connectivity index (χ4v) is 3.74. The van der Waals surface area contributed by atoms with Crippen molar-refractivity contribution in [2.45, 2.75) is 32.9 Å². The maximum Gasteiger partial charge on any atom is 0.290 e. The average Bonchev–Trinajstić information content (AvgIpc) is 3.00. The molecule has 0 spiro atoms. The summed E-state index contributed by atoms with van der Waals surface area (Å²) in [6.07, 6.45) is 0. The third-order valence-electron chi connectivity index (χ3n) is 4.43. The first kappa shape index (κ1) is 18.1. The first-order valence-corrected chi connectivity index (χ1v) is 9.05. The number of rotatable bonds is 3. The number of hydrogen-bond donors (Lipinski definition) is 2. The topological polar surface area (TPSA) is 110 Å². The molecule has 9 heteroatoms. The zero-order valence-electron chi connectivity index (χ0n) is 14.9. The van der Waals surface area contributed by atoms with E-state index in [0.29, 0.717) is 18.8 Å².